The molecule has 6 atom stereocenters. The zero-order valence-corrected chi connectivity index (χ0v) is 25.7. The van der Waals surface area contributed by atoms with Gasteiger partial charge in [0.2, 0.25) is 11.8 Å². The first-order chi connectivity index (χ1) is 21.8. The van der Waals surface area contributed by atoms with E-state index in [0.29, 0.717) is 5.52 Å². The molecule has 3 aromatic rings. The van der Waals surface area contributed by atoms with Gasteiger partial charge in [-0.05, 0) is 62.1 Å². The van der Waals surface area contributed by atoms with E-state index >= 15 is 0 Å². The Labute approximate surface area is 262 Å². The van der Waals surface area contributed by atoms with Crippen molar-refractivity contribution >= 4 is 28.8 Å². The van der Waals surface area contributed by atoms with Gasteiger partial charge in [-0.25, -0.2) is 9.18 Å². The van der Waals surface area contributed by atoms with Crippen molar-refractivity contribution in [2.75, 3.05) is 20.1 Å². The van der Waals surface area contributed by atoms with E-state index in [1.165, 1.54) is 17.0 Å². The van der Waals surface area contributed by atoms with Gasteiger partial charge in [-0.15, -0.1) is 0 Å². The molecule has 1 aliphatic carbocycles. The number of ether oxygens (including phenoxy) is 1. The molecule has 3 amide bonds. The van der Waals surface area contributed by atoms with Crippen LogP contribution in [0.3, 0.4) is 0 Å². The number of halogens is 1. The molecule has 2 aliphatic heterocycles. The van der Waals surface area contributed by atoms with Gasteiger partial charge < -0.3 is 30.4 Å². The third-order valence-electron chi connectivity index (χ3n) is 9.96. The Morgan fingerprint density at radius 3 is 2.53 bits per heavy atom. The van der Waals surface area contributed by atoms with Gasteiger partial charge in [0.05, 0.1) is 24.2 Å². The summed E-state index contributed by atoms with van der Waals surface area (Å²) < 4.78 is 19.8. The van der Waals surface area contributed by atoms with Crippen LogP contribution in [0, 0.1) is 11.7 Å². The second kappa shape index (κ2) is 13.2. The summed E-state index contributed by atoms with van der Waals surface area (Å²) in [6.45, 7) is 2.04. The summed E-state index contributed by atoms with van der Waals surface area (Å²) in [6.07, 6.45) is 4.91. The number of aliphatic hydroxyl groups is 1. The average molecular weight is 620 g/mol. The number of benzene rings is 2. The molecule has 0 bridgehead atoms. The highest BCUT2D eigenvalue weighted by atomic mass is 19.1. The number of aromatic amines is 1. The van der Waals surface area contributed by atoms with Gasteiger partial charge in [-0.2, -0.15) is 0 Å². The number of fused-ring (bicyclic) bond motifs is 2. The minimum absolute atomic E-state index is 0.0186. The summed E-state index contributed by atoms with van der Waals surface area (Å²) in [4.78, 5) is 47.6. The van der Waals surface area contributed by atoms with Crippen LogP contribution in [0.15, 0.2) is 54.7 Å². The van der Waals surface area contributed by atoms with Crippen molar-refractivity contribution in [2.45, 2.75) is 81.8 Å². The maximum Gasteiger partial charge on any atom is 0.410 e. The lowest BCUT2D eigenvalue weighted by Crippen LogP contribution is -2.57. The Bertz CT molecular complexity index is 1530. The highest BCUT2D eigenvalue weighted by molar-refractivity contribution is 5.91. The molecule has 10 nitrogen and oxygen atoms in total. The Morgan fingerprint density at radius 1 is 1.04 bits per heavy atom. The number of carbonyl (C=O) groups is 3. The molecule has 2 saturated heterocycles. The van der Waals surface area contributed by atoms with E-state index in [4.69, 9.17) is 4.74 Å². The molecule has 240 valence electrons. The van der Waals surface area contributed by atoms with Gasteiger partial charge in [0.25, 0.3) is 0 Å². The molecule has 11 heteroatoms. The normalized spacial score (nSPS) is 24.8. The van der Waals surface area contributed by atoms with Crippen molar-refractivity contribution in [1.82, 2.24) is 25.4 Å². The lowest BCUT2D eigenvalue weighted by Gasteiger charge is -2.36. The van der Waals surface area contributed by atoms with Crippen LogP contribution in [0.5, 0.6) is 0 Å². The highest BCUT2D eigenvalue weighted by Crippen LogP contribution is 2.44. The Kier molecular flexibility index (Phi) is 9.09. The minimum atomic E-state index is -1.02. The number of β-amino-alcohol motifs (C(OH)–C–C–N with tert-alkyl or cyclic N) is 1. The van der Waals surface area contributed by atoms with Crippen LogP contribution in [-0.4, -0.2) is 88.2 Å². The standard InChI is InChI=1S/C34H42FN5O5/c1-20(36-2)32(42)38-29(22-11-7-4-8-12-22)33(43)39-18-28(41)31-30(39)26(25-16-37-27-15-23(35)13-14-24(25)27)17-40(31)34(44)45-19-21-9-5-3-6-10-21/h3,5-6,9-10,13-16,20,22,26,28-31,36-37,41H,4,7-8,11-12,17-19H2,1-2H3,(H,38,42). The number of aliphatic hydroxyl groups excluding tert-OH is 1. The van der Waals surface area contributed by atoms with Gasteiger partial charge in [0.15, 0.2) is 0 Å². The molecule has 1 saturated carbocycles. The number of rotatable bonds is 8. The fourth-order valence-corrected chi connectivity index (χ4v) is 7.51. The van der Waals surface area contributed by atoms with Gasteiger partial charge in [0.1, 0.15) is 18.5 Å². The zero-order chi connectivity index (χ0) is 31.7. The first-order valence-corrected chi connectivity index (χ1v) is 16.0. The number of nitrogens with zero attached hydrogens (tertiary/aromatic N) is 2. The first kappa shape index (κ1) is 31.0. The second-order valence-electron chi connectivity index (χ2n) is 12.7. The van der Waals surface area contributed by atoms with E-state index in [1.54, 1.807) is 31.1 Å². The van der Waals surface area contributed by atoms with Crippen molar-refractivity contribution in [2.24, 2.45) is 5.92 Å². The smallest absolute Gasteiger partial charge is 0.410 e. The van der Waals surface area contributed by atoms with Crippen molar-refractivity contribution in [3.8, 4) is 0 Å². The number of nitrogens with one attached hydrogen (secondary N) is 3. The number of likely N-dealkylation sites (tertiary alicyclic amines) is 2. The van der Waals surface area contributed by atoms with Crippen molar-refractivity contribution in [3.05, 3.63) is 71.7 Å². The molecule has 4 N–H and O–H groups in total. The van der Waals surface area contributed by atoms with Crippen LogP contribution < -0.4 is 10.6 Å². The summed E-state index contributed by atoms with van der Waals surface area (Å²) in [6, 6.07) is 11.3. The largest absolute Gasteiger partial charge is 0.445 e. The van der Waals surface area contributed by atoms with E-state index in [-0.39, 0.29) is 43.2 Å². The van der Waals surface area contributed by atoms with E-state index in [2.05, 4.69) is 15.6 Å². The number of amides is 3. The second-order valence-corrected chi connectivity index (χ2v) is 12.7. The summed E-state index contributed by atoms with van der Waals surface area (Å²) in [5.41, 5.74) is 2.27. The molecule has 6 rings (SSSR count). The van der Waals surface area contributed by atoms with Gasteiger partial charge in [-0.3, -0.25) is 14.5 Å². The predicted molar refractivity (Wildman–Crippen MR) is 167 cm³/mol. The van der Waals surface area contributed by atoms with E-state index < -0.39 is 42.3 Å². The summed E-state index contributed by atoms with van der Waals surface area (Å²) in [5, 5.41) is 18.3. The molecule has 3 fully saturated rings. The van der Waals surface area contributed by atoms with Gasteiger partial charge >= 0.3 is 6.09 Å². The van der Waals surface area contributed by atoms with E-state index in [1.807, 2.05) is 30.3 Å². The molecule has 2 aromatic carbocycles. The van der Waals surface area contributed by atoms with Crippen molar-refractivity contribution in [3.63, 3.8) is 0 Å². The maximum atomic E-state index is 14.6. The maximum absolute atomic E-state index is 14.6. The Morgan fingerprint density at radius 2 is 1.80 bits per heavy atom. The Balaban J connectivity index is 1.34. The zero-order valence-electron chi connectivity index (χ0n) is 25.7. The molecule has 0 radical (unpaired) electrons. The number of likely N-dealkylation sites (N-methyl/N-ethyl adjacent to an activating group) is 1. The van der Waals surface area contributed by atoms with Crippen molar-refractivity contribution in [1.29, 1.82) is 0 Å². The Hall–Kier alpha value is -3.96. The molecular formula is C34H42FN5O5. The quantitative estimate of drug-likeness (QED) is 0.305. The van der Waals surface area contributed by atoms with Crippen LogP contribution in [0.25, 0.3) is 10.9 Å². The van der Waals surface area contributed by atoms with Crippen LogP contribution >= 0.6 is 0 Å². The van der Waals surface area contributed by atoms with Crippen LogP contribution in [0.2, 0.25) is 0 Å². The number of hydrogen-bond acceptors (Lipinski definition) is 6. The van der Waals surface area contributed by atoms with E-state index in [9.17, 15) is 23.9 Å². The summed E-state index contributed by atoms with van der Waals surface area (Å²) in [5.74, 6) is -1.30. The van der Waals surface area contributed by atoms with Gasteiger partial charge in [0, 0.05) is 36.1 Å². The lowest BCUT2D eigenvalue weighted by atomic mass is 9.82. The fourth-order valence-electron chi connectivity index (χ4n) is 7.51. The van der Waals surface area contributed by atoms with Crippen molar-refractivity contribution < 1.29 is 28.6 Å². The SMILES string of the molecule is CNC(C)C(=O)NC(C(=O)N1CC(O)C2C1C(c1c[nH]c3cc(F)ccc13)CN2C(=O)OCc1ccccc1)C1CCCCC1. The van der Waals surface area contributed by atoms with Crippen LogP contribution in [-0.2, 0) is 20.9 Å². The highest BCUT2D eigenvalue weighted by Gasteiger charge is 2.58. The third-order valence-corrected chi connectivity index (χ3v) is 9.96. The third kappa shape index (κ3) is 6.15. The molecule has 1 aromatic heterocycles. The molecular weight excluding hydrogens is 577 g/mol. The molecule has 45 heavy (non-hydrogen) atoms. The molecule has 6 unspecified atom stereocenters. The minimum Gasteiger partial charge on any atom is -0.445 e. The molecule has 3 heterocycles. The van der Waals surface area contributed by atoms with Crippen LogP contribution in [0.1, 0.15) is 56.1 Å². The monoisotopic (exact) mass is 619 g/mol. The topological polar surface area (TPSA) is 127 Å². The predicted octanol–water partition coefficient (Wildman–Crippen LogP) is 3.66. The summed E-state index contributed by atoms with van der Waals surface area (Å²) >= 11 is 0. The van der Waals surface area contributed by atoms with E-state index in [0.717, 1.165) is 48.6 Å². The fraction of sp³-hybridized carbons (Fsp3) is 0.500. The van der Waals surface area contributed by atoms with Crippen LogP contribution in [0.4, 0.5) is 9.18 Å². The lowest BCUT2D eigenvalue weighted by molar-refractivity contribution is -0.140. The number of aromatic nitrogens is 1. The number of hydrogen-bond donors (Lipinski definition) is 4. The number of H-pyrrole nitrogens is 1. The average Bonchev–Trinajstić information content (AvgIpc) is 3.75. The molecule has 3 aliphatic rings. The van der Waals surface area contributed by atoms with Gasteiger partial charge in [-0.1, -0.05) is 49.6 Å². The first-order valence-electron chi connectivity index (χ1n) is 16.0. The molecule has 0 spiro atoms. The number of carbonyl (C=O) groups excluding carboxylic acids is 3. The summed E-state index contributed by atoms with van der Waals surface area (Å²) in [7, 11) is 1.70.